The van der Waals surface area contributed by atoms with E-state index in [-0.39, 0.29) is 49.9 Å². The van der Waals surface area contributed by atoms with Crippen molar-refractivity contribution in [1.82, 2.24) is 34.4 Å². The van der Waals surface area contributed by atoms with E-state index in [2.05, 4.69) is 32.2 Å². The number of hydrogen-bond donors (Lipinski definition) is 1. The zero-order valence-corrected chi connectivity index (χ0v) is 36.1. The highest BCUT2D eigenvalue weighted by Gasteiger charge is 2.36. The molecule has 1 fully saturated rings. The van der Waals surface area contributed by atoms with Gasteiger partial charge in [-0.2, -0.15) is 13.2 Å². The van der Waals surface area contributed by atoms with Crippen LogP contribution in [0.5, 0.6) is 5.88 Å². The summed E-state index contributed by atoms with van der Waals surface area (Å²) >= 11 is 0. The minimum atomic E-state index is -4.72. The fraction of sp³-hybridized carbons (Fsp3) is 0.422. The number of ether oxygens (including phenoxy) is 5. The molecule has 1 aliphatic heterocycles. The van der Waals surface area contributed by atoms with E-state index in [1.54, 1.807) is 48.9 Å². The number of nitrogens with zero attached hydrogens (tertiary/aromatic N) is 8. The number of carbonyl (C=O) groups is 1. The van der Waals surface area contributed by atoms with E-state index >= 15 is 0 Å². The molecule has 0 bridgehead atoms. The fourth-order valence-corrected chi connectivity index (χ4v) is 7.36. The number of rotatable bonds is 21. The molecule has 64 heavy (non-hydrogen) atoms. The van der Waals surface area contributed by atoms with Crippen molar-refractivity contribution in [1.29, 1.82) is 0 Å². The van der Waals surface area contributed by atoms with Crippen molar-refractivity contribution in [2.45, 2.75) is 32.5 Å². The van der Waals surface area contributed by atoms with E-state index in [4.69, 9.17) is 23.7 Å². The second kappa shape index (κ2) is 21.5. The number of aromatic nitrogens is 6. The molecule has 0 radical (unpaired) electrons. The van der Waals surface area contributed by atoms with Gasteiger partial charge < -0.3 is 38.8 Å². The van der Waals surface area contributed by atoms with Gasteiger partial charge in [0.2, 0.25) is 17.7 Å². The maximum atomic E-state index is 14.9. The standard InChI is InChI=1S/C45H52F3N9O7/c1-4-16-61-18-20-63-22-23-64-21-19-62-17-11-40(58)50-26-31-27-52-43(53-28-31)56-14-12-55(13-15-56)38-9-7-34(25-36(38)45(46,47)48)57-42-35-24-32(33-6-10-41(60-3)51-29-33)5-8-37(35)49-30-39(42)54(2)44(57)59/h5-10,24-25,27-30H,4,11-23,26H2,1-3H3,(H,50,58). The first-order valence-electron chi connectivity index (χ1n) is 21.2. The molecule has 1 saturated heterocycles. The summed E-state index contributed by atoms with van der Waals surface area (Å²) in [6.07, 6.45) is 2.91. The zero-order valence-electron chi connectivity index (χ0n) is 36.1. The van der Waals surface area contributed by atoms with Gasteiger partial charge in [0.15, 0.2) is 0 Å². The van der Waals surface area contributed by atoms with Gasteiger partial charge in [-0.3, -0.25) is 18.9 Å². The lowest BCUT2D eigenvalue weighted by atomic mass is 10.0. The van der Waals surface area contributed by atoms with Gasteiger partial charge in [0.05, 0.1) is 87.4 Å². The SMILES string of the molecule is CCCOCCOCCOCCOCCC(=O)NCc1cnc(N2CCN(c3ccc(-n4c(=O)n(C)c5cnc6ccc(-c7ccc(OC)nc7)cc6c54)cc3C(F)(F)F)CC2)nc1. The Morgan fingerprint density at radius 1 is 0.750 bits per heavy atom. The van der Waals surface area contributed by atoms with Crippen molar-refractivity contribution in [2.75, 3.05) is 95.9 Å². The van der Waals surface area contributed by atoms with Crippen LogP contribution in [-0.4, -0.2) is 121 Å². The van der Waals surface area contributed by atoms with Crippen LogP contribution in [0.2, 0.25) is 0 Å². The molecule has 5 heterocycles. The van der Waals surface area contributed by atoms with Gasteiger partial charge in [-0.15, -0.1) is 0 Å². The third-order valence-electron chi connectivity index (χ3n) is 10.7. The van der Waals surface area contributed by atoms with Crippen LogP contribution >= 0.6 is 0 Å². The summed E-state index contributed by atoms with van der Waals surface area (Å²) in [7, 11) is 3.10. The number of methoxy groups -OCH3 is 1. The lowest BCUT2D eigenvalue weighted by molar-refractivity contribution is -0.137. The van der Waals surface area contributed by atoms with Gasteiger partial charge >= 0.3 is 11.9 Å². The molecule has 6 aromatic rings. The van der Waals surface area contributed by atoms with Crippen molar-refractivity contribution in [3.8, 4) is 22.7 Å². The van der Waals surface area contributed by atoms with E-state index in [1.807, 2.05) is 29.2 Å². The molecule has 0 unspecified atom stereocenters. The maximum absolute atomic E-state index is 14.9. The summed E-state index contributed by atoms with van der Waals surface area (Å²) in [6, 6.07) is 13.2. The average molecular weight is 888 g/mol. The number of amides is 1. The number of nitrogens with one attached hydrogen (secondary N) is 1. The summed E-state index contributed by atoms with van der Waals surface area (Å²) < 4.78 is 74.4. The molecule has 0 aliphatic carbocycles. The second-order valence-electron chi connectivity index (χ2n) is 15.0. The van der Waals surface area contributed by atoms with Gasteiger partial charge in [-0.05, 0) is 48.4 Å². The number of halogens is 3. The number of hydrogen-bond acceptors (Lipinski definition) is 13. The number of anilines is 2. The van der Waals surface area contributed by atoms with Gasteiger partial charge in [-0.1, -0.05) is 13.0 Å². The molecule has 19 heteroatoms. The smallest absolute Gasteiger partial charge is 0.418 e. The number of imidazole rings is 1. The van der Waals surface area contributed by atoms with Crippen molar-refractivity contribution in [3.05, 3.63) is 94.9 Å². The van der Waals surface area contributed by atoms with Crippen LogP contribution in [0.3, 0.4) is 0 Å². The van der Waals surface area contributed by atoms with Crippen molar-refractivity contribution in [3.63, 3.8) is 0 Å². The average Bonchev–Trinajstić information content (AvgIpc) is 3.58. The molecule has 1 aliphatic rings. The zero-order chi connectivity index (χ0) is 45.1. The highest BCUT2D eigenvalue weighted by molar-refractivity contribution is 6.04. The summed E-state index contributed by atoms with van der Waals surface area (Å²) in [5.74, 6) is 0.710. The monoisotopic (exact) mass is 887 g/mol. The van der Waals surface area contributed by atoms with Crippen LogP contribution in [-0.2, 0) is 43.5 Å². The van der Waals surface area contributed by atoms with E-state index in [9.17, 15) is 22.8 Å². The predicted octanol–water partition coefficient (Wildman–Crippen LogP) is 5.57. The third kappa shape index (κ3) is 11.1. The first-order valence-corrected chi connectivity index (χ1v) is 21.2. The molecule has 7 rings (SSSR count). The topological polar surface area (TPSA) is 160 Å². The molecule has 4 aromatic heterocycles. The van der Waals surface area contributed by atoms with E-state index in [1.165, 1.54) is 22.3 Å². The quantitative estimate of drug-likeness (QED) is 0.0896. The highest BCUT2D eigenvalue weighted by Crippen LogP contribution is 2.39. The Morgan fingerprint density at radius 2 is 1.41 bits per heavy atom. The number of aryl methyl sites for hydroxylation is 1. The first kappa shape index (κ1) is 45.9. The highest BCUT2D eigenvalue weighted by atomic mass is 19.4. The summed E-state index contributed by atoms with van der Waals surface area (Å²) in [5, 5.41) is 3.43. The lowest BCUT2D eigenvalue weighted by Gasteiger charge is -2.37. The van der Waals surface area contributed by atoms with Crippen LogP contribution in [0.4, 0.5) is 24.8 Å². The van der Waals surface area contributed by atoms with E-state index in [0.29, 0.717) is 92.1 Å². The summed E-state index contributed by atoms with van der Waals surface area (Å²) in [4.78, 5) is 47.5. The molecule has 0 spiro atoms. The normalized spacial score (nSPS) is 13.3. The van der Waals surface area contributed by atoms with Crippen LogP contribution in [0.1, 0.15) is 30.9 Å². The van der Waals surface area contributed by atoms with Crippen molar-refractivity contribution >= 4 is 39.5 Å². The third-order valence-corrected chi connectivity index (χ3v) is 10.7. The Hall–Kier alpha value is -6.15. The number of benzene rings is 2. The fourth-order valence-electron chi connectivity index (χ4n) is 7.36. The Kier molecular flexibility index (Phi) is 15.4. The minimum Gasteiger partial charge on any atom is -0.481 e. The Balaban J connectivity index is 0.940. The van der Waals surface area contributed by atoms with Crippen LogP contribution in [0.25, 0.3) is 38.8 Å². The summed E-state index contributed by atoms with van der Waals surface area (Å²) in [5.41, 5.74) is 2.49. The minimum absolute atomic E-state index is 0.0147. The Labute approximate surface area is 367 Å². The number of alkyl halides is 3. The van der Waals surface area contributed by atoms with E-state index < -0.39 is 17.4 Å². The first-order chi connectivity index (χ1) is 31.0. The molecule has 0 atom stereocenters. The second-order valence-corrected chi connectivity index (χ2v) is 15.0. The molecule has 1 amide bonds. The van der Waals surface area contributed by atoms with E-state index in [0.717, 1.165) is 30.2 Å². The molecule has 16 nitrogen and oxygen atoms in total. The Morgan fingerprint density at radius 3 is 2.05 bits per heavy atom. The van der Waals surface area contributed by atoms with Gasteiger partial charge in [0.25, 0.3) is 0 Å². The number of pyridine rings is 2. The largest absolute Gasteiger partial charge is 0.481 e. The number of fused-ring (bicyclic) bond motifs is 3. The number of carbonyl (C=O) groups excluding carboxylic acids is 1. The molecule has 2 aromatic carbocycles. The number of piperazine rings is 1. The summed E-state index contributed by atoms with van der Waals surface area (Å²) in [6.45, 7) is 7.35. The van der Waals surface area contributed by atoms with Crippen LogP contribution in [0, 0.1) is 0 Å². The maximum Gasteiger partial charge on any atom is 0.418 e. The lowest BCUT2D eigenvalue weighted by Crippen LogP contribution is -2.47. The van der Waals surface area contributed by atoms with Crippen LogP contribution in [0.15, 0.2) is 78.1 Å². The molecular weight excluding hydrogens is 836 g/mol. The predicted molar refractivity (Wildman–Crippen MR) is 235 cm³/mol. The molecule has 1 N–H and O–H groups in total. The molecule has 0 saturated carbocycles. The van der Waals surface area contributed by atoms with Gasteiger partial charge in [0, 0.05) is 99.7 Å². The van der Waals surface area contributed by atoms with Crippen molar-refractivity contribution in [2.24, 2.45) is 7.05 Å². The van der Waals surface area contributed by atoms with Gasteiger partial charge in [0.1, 0.15) is 0 Å². The van der Waals surface area contributed by atoms with Crippen LogP contribution < -0.4 is 25.5 Å². The van der Waals surface area contributed by atoms with Gasteiger partial charge in [-0.25, -0.2) is 19.7 Å². The molecule has 340 valence electrons. The van der Waals surface area contributed by atoms with Crippen molar-refractivity contribution < 1.29 is 41.7 Å². The Bertz CT molecular complexity index is 2540. The molecular formula is C45H52F3N9O7.